The number of unbranched alkanes of at least 4 members (excludes halogenated alkanes) is 2. The van der Waals surface area contributed by atoms with Gasteiger partial charge < -0.3 is 46.5 Å². The van der Waals surface area contributed by atoms with Crippen LogP contribution in [0.2, 0.25) is 0 Å². The fraction of sp³-hybridized carbons (Fsp3) is 0.438. The van der Waals surface area contributed by atoms with Crippen LogP contribution in [0.1, 0.15) is 137 Å². The number of ether oxygens (including phenoxy) is 2. The first-order chi connectivity index (χ1) is 49.0. The van der Waals surface area contributed by atoms with Crippen molar-refractivity contribution in [2.75, 3.05) is 49.2 Å². The zero-order valence-corrected chi connectivity index (χ0v) is 59.6. The number of anilines is 2. The number of aromatic carboxylic acids is 1. The SMILES string of the molecule is Cc1c(-c2ccc(-c3ccc4cncc(C(=O)Nc5nc6ccccc6s5)c4c3)nc2C(=O)O)cnn1CC12CC3(C)CC(C)(C1)CC(OCCN(CCS(=O)(=O)O)C(=O)OCc1ccc(NC(=O)C(CCCNC(N)=O)NC(=O)C(NC(=O)CCCCCN4C(=O)C=CC4=O)C(C)C)cc1)(C3)C2. The quantitative estimate of drug-likeness (QED) is 0.0111. The normalized spacial score (nSPS) is 20.3. The summed E-state index contributed by atoms with van der Waals surface area (Å²) in [6.07, 6.45) is 13.2. The zero-order valence-electron chi connectivity index (χ0n) is 58.0. The lowest BCUT2D eigenvalue weighted by atomic mass is 9.39. The van der Waals surface area contributed by atoms with Crippen LogP contribution < -0.4 is 32.3 Å². The molecule has 544 valence electrons. The molecule has 0 saturated heterocycles. The van der Waals surface area contributed by atoms with E-state index in [-0.39, 0.29) is 91.8 Å². The lowest BCUT2D eigenvalue weighted by Crippen LogP contribution is -2.64. The first-order valence-corrected chi connectivity index (χ1v) is 36.8. The summed E-state index contributed by atoms with van der Waals surface area (Å²) in [6.45, 7) is 10.1. The maximum atomic E-state index is 13.9. The molecule has 28 nitrogen and oxygen atoms in total. The van der Waals surface area contributed by atoms with Gasteiger partial charge in [-0.15, -0.1) is 0 Å². The summed E-state index contributed by atoms with van der Waals surface area (Å²) in [5, 5.41) is 31.1. The van der Waals surface area contributed by atoms with E-state index in [0.29, 0.717) is 87.3 Å². The fourth-order valence-electron chi connectivity index (χ4n) is 16.2. The van der Waals surface area contributed by atoms with E-state index in [9.17, 15) is 61.2 Å². The van der Waals surface area contributed by atoms with E-state index in [4.69, 9.17) is 25.3 Å². The summed E-state index contributed by atoms with van der Waals surface area (Å²) in [7, 11) is -4.52. The summed E-state index contributed by atoms with van der Waals surface area (Å²) in [5.41, 5.74) is 8.52. The number of nitrogens with two attached hydrogens (primary N) is 1. The number of imide groups is 1. The van der Waals surface area contributed by atoms with Crippen LogP contribution in [-0.4, -0.2) is 162 Å². The van der Waals surface area contributed by atoms with Gasteiger partial charge in [0.25, 0.3) is 27.8 Å². The van der Waals surface area contributed by atoms with Crippen LogP contribution in [0.15, 0.2) is 110 Å². The average Bonchev–Trinajstić information content (AvgIpc) is 0.895. The molecule has 4 bridgehead atoms. The number of nitrogens with zero attached hydrogens (tertiary/aromatic N) is 7. The van der Waals surface area contributed by atoms with Crippen LogP contribution in [-0.2, 0) is 56.7 Å². The molecule has 30 heteroatoms. The monoisotopic (exact) mass is 1450 g/mol. The molecule has 4 aliphatic carbocycles. The Morgan fingerprint density at radius 3 is 2.23 bits per heavy atom. The lowest BCUT2D eigenvalue weighted by molar-refractivity contribution is -0.248. The van der Waals surface area contributed by atoms with E-state index in [2.05, 4.69) is 50.4 Å². The molecule has 9 N–H and O–H groups in total. The number of amides is 9. The number of nitrogens with one attached hydrogen (secondary N) is 5. The third-order valence-corrected chi connectivity index (χ3v) is 21.4. The van der Waals surface area contributed by atoms with Crippen molar-refractivity contribution in [1.82, 2.24) is 50.5 Å². The van der Waals surface area contributed by atoms with Crippen molar-refractivity contribution in [2.45, 2.75) is 143 Å². The number of hydrogen-bond acceptors (Lipinski definition) is 18. The van der Waals surface area contributed by atoms with Crippen molar-refractivity contribution >= 4 is 107 Å². The number of rotatable bonds is 32. The zero-order chi connectivity index (χ0) is 73.6. The predicted molar refractivity (Wildman–Crippen MR) is 384 cm³/mol. The number of carbonyl (C=O) groups excluding carboxylic acids is 8. The highest BCUT2D eigenvalue weighted by Gasteiger charge is 2.66. The number of para-hydroxylation sites is 1. The van der Waals surface area contributed by atoms with Gasteiger partial charge in [0.15, 0.2) is 10.8 Å². The number of carboxylic acids is 1. The van der Waals surface area contributed by atoms with Gasteiger partial charge in [-0.2, -0.15) is 13.5 Å². The topological polar surface area (TPSA) is 396 Å². The van der Waals surface area contributed by atoms with Crippen molar-refractivity contribution in [3.63, 3.8) is 0 Å². The molecule has 9 amide bonds. The number of urea groups is 1. The minimum Gasteiger partial charge on any atom is -0.476 e. The molecular formula is C73H85N13O15S2. The number of aromatic nitrogens is 5. The number of hydrogen-bond donors (Lipinski definition) is 8. The van der Waals surface area contributed by atoms with E-state index in [1.807, 2.05) is 48.0 Å². The lowest BCUT2D eigenvalue weighted by Gasteiger charge is -2.69. The van der Waals surface area contributed by atoms with Gasteiger partial charge in [0.05, 0.1) is 45.6 Å². The van der Waals surface area contributed by atoms with Crippen molar-refractivity contribution in [1.29, 1.82) is 0 Å². The first-order valence-electron chi connectivity index (χ1n) is 34.4. The molecule has 4 saturated carbocycles. The largest absolute Gasteiger partial charge is 0.476 e. The second-order valence-electron chi connectivity index (χ2n) is 28.7. The molecule has 4 atom stereocenters. The van der Waals surface area contributed by atoms with Gasteiger partial charge in [-0.25, -0.2) is 24.4 Å². The van der Waals surface area contributed by atoms with E-state index >= 15 is 0 Å². The van der Waals surface area contributed by atoms with Crippen molar-refractivity contribution in [3.05, 3.63) is 132 Å². The minimum absolute atomic E-state index is 0.0195. The van der Waals surface area contributed by atoms with Crippen molar-refractivity contribution in [2.24, 2.45) is 27.9 Å². The van der Waals surface area contributed by atoms with Gasteiger partial charge in [0.2, 0.25) is 17.7 Å². The summed E-state index contributed by atoms with van der Waals surface area (Å²) >= 11 is 1.36. The highest BCUT2D eigenvalue weighted by atomic mass is 32.2. The molecule has 3 aromatic carbocycles. The maximum absolute atomic E-state index is 13.9. The van der Waals surface area contributed by atoms with Gasteiger partial charge in [-0.1, -0.05) is 81.9 Å². The van der Waals surface area contributed by atoms with E-state index in [0.717, 1.165) is 52.9 Å². The predicted octanol–water partition coefficient (Wildman–Crippen LogP) is 9.19. The summed E-state index contributed by atoms with van der Waals surface area (Å²) in [4.78, 5) is 133. The van der Waals surface area contributed by atoms with Crippen LogP contribution in [0.4, 0.5) is 20.4 Å². The number of carbonyl (C=O) groups is 9. The average molecular weight is 1450 g/mol. The van der Waals surface area contributed by atoms with E-state index < -0.39 is 81.8 Å². The molecule has 4 unspecified atom stereocenters. The number of pyridine rings is 2. The Bertz CT molecular complexity index is 4530. The first kappa shape index (κ1) is 74.2. The Morgan fingerprint density at radius 1 is 0.796 bits per heavy atom. The van der Waals surface area contributed by atoms with E-state index in [1.54, 1.807) is 68.7 Å². The van der Waals surface area contributed by atoms with Crippen LogP contribution in [0.5, 0.6) is 0 Å². The number of fused-ring (bicyclic) bond motifs is 2. The highest BCUT2D eigenvalue weighted by molar-refractivity contribution is 7.85. The smallest absolute Gasteiger partial charge is 0.410 e. The molecule has 5 aliphatic rings. The minimum atomic E-state index is -4.52. The number of primary amides is 1. The Labute approximate surface area is 599 Å². The van der Waals surface area contributed by atoms with Gasteiger partial charge in [-0.3, -0.25) is 53.2 Å². The third kappa shape index (κ3) is 18.1. The highest BCUT2D eigenvalue weighted by Crippen LogP contribution is 2.72. The summed E-state index contributed by atoms with van der Waals surface area (Å²) < 4.78 is 49.6. The second kappa shape index (κ2) is 30.9. The molecule has 4 fully saturated rings. The molecule has 5 heterocycles. The van der Waals surface area contributed by atoms with Crippen LogP contribution in [0.3, 0.4) is 0 Å². The maximum Gasteiger partial charge on any atom is 0.410 e. The van der Waals surface area contributed by atoms with Crippen molar-refractivity contribution < 1.29 is 70.7 Å². The Kier molecular flexibility index (Phi) is 22.2. The number of carboxylic acid groups (broad SMARTS) is 1. The Balaban J connectivity index is 0.707. The van der Waals surface area contributed by atoms with Gasteiger partial charge in [0, 0.05) is 97.1 Å². The summed E-state index contributed by atoms with van der Waals surface area (Å²) in [6, 6.07) is 19.9. The molecule has 12 rings (SSSR count). The summed E-state index contributed by atoms with van der Waals surface area (Å²) in [5.74, 6) is -5.15. The fourth-order valence-corrected chi connectivity index (χ4v) is 17.5. The van der Waals surface area contributed by atoms with Crippen LogP contribution in [0, 0.1) is 29.1 Å². The Hall–Kier alpha value is -10.0. The molecule has 0 spiro atoms. The number of benzene rings is 3. The van der Waals surface area contributed by atoms with E-state index in [1.165, 1.54) is 34.6 Å². The molecule has 4 aromatic heterocycles. The van der Waals surface area contributed by atoms with Crippen LogP contribution >= 0.6 is 11.3 Å². The van der Waals surface area contributed by atoms with Gasteiger partial charge >= 0.3 is 18.1 Å². The van der Waals surface area contributed by atoms with Gasteiger partial charge in [-0.05, 0) is 147 Å². The molecule has 0 radical (unpaired) electrons. The molecule has 103 heavy (non-hydrogen) atoms. The van der Waals surface area contributed by atoms with Gasteiger partial charge in [0.1, 0.15) is 18.7 Å². The third-order valence-electron chi connectivity index (χ3n) is 19.7. The molecule has 7 aromatic rings. The molecular weight excluding hydrogens is 1360 g/mol. The standard InChI is InChI=1S/C73H85N13O15S2/c1-44(2)61(82-58(87)15-7-6-10-27-85-59(88)24-25-60(85)89)65(92)80-56(13-11-26-76-67(74)95)64(91)78-49-20-16-46(17-21-49)36-100-69(96)84(29-31-103(97,98)99)28-30-101-73-40-70(4)37-71(5,41-73)39-72(38-70,42-73)43-86-45(3)52(35-77-86)50-22-23-54(79-62(50)66(93)94)47-18-19-48-33-75-34-53(51(48)32-47)63(90)83-68-81-55-12-8-9-14-57(55)102-68/h8-9,12,14,16-25,32-35,44,56,61H,6-7,10-11,13,15,26-31,36-43H2,1-5H3,(H,78,91)(H,80,92)(H,82,87)(H,93,94)(H3,74,76,95)(H,81,83,90)(H,97,98,99). The van der Waals surface area contributed by atoms with Crippen molar-refractivity contribution in [3.8, 4) is 22.4 Å². The molecule has 1 aliphatic heterocycles. The van der Waals surface area contributed by atoms with Crippen LogP contribution in [0.25, 0.3) is 43.4 Å². The number of thiazole rings is 1. The Morgan fingerprint density at radius 2 is 1.53 bits per heavy atom. The second-order valence-corrected chi connectivity index (χ2v) is 31.3.